The lowest BCUT2D eigenvalue weighted by Crippen LogP contribution is -2.40. The van der Waals surface area contributed by atoms with E-state index in [0.29, 0.717) is 13.0 Å². The number of para-hydroxylation sites is 1. The van der Waals surface area contributed by atoms with E-state index in [0.717, 1.165) is 11.3 Å². The maximum Gasteiger partial charge on any atom is 0.315 e. The van der Waals surface area contributed by atoms with Gasteiger partial charge in [-0.1, -0.05) is 18.2 Å². The van der Waals surface area contributed by atoms with Crippen molar-refractivity contribution in [1.29, 1.82) is 0 Å². The van der Waals surface area contributed by atoms with E-state index in [4.69, 9.17) is 5.11 Å². The first-order chi connectivity index (χ1) is 10.2. The highest BCUT2D eigenvalue weighted by molar-refractivity contribution is 5.74. The molecular formula is C15H20N4O2. The molecule has 0 saturated carbocycles. The number of nitrogens with one attached hydrogen (secondary N) is 2. The van der Waals surface area contributed by atoms with Crippen LogP contribution in [-0.4, -0.2) is 33.6 Å². The van der Waals surface area contributed by atoms with Crippen molar-refractivity contribution in [2.45, 2.75) is 25.9 Å². The molecule has 1 aromatic carbocycles. The van der Waals surface area contributed by atoms with E-state index in [1.54, 1.807) is 10.9 Å². The fourth-order valence-electron chi connectivity index (χ4n) is 2.01. The van der Waals surface area contributed by atoms with Crippen molar-refractivity contribution < 1.29 is 9.90 Å². The Balaban J connectivity index is 1.96. The van der Waals surface area contributed by atoms with Crippen molar-refractivity contribution in [1.82, 2.24) is 20.4 Å². The van der Waals surface area contributed by atoms with Gasteiger partial charge in [-0.25, -0.2) is 9.48 Å². The molecule has 1 atom stereocenters. The van der Waals surface area contributed by atoms with E-state index >= 15 is 0 Å². The topological polar surface area (TPSA) is 79.2 Å². The summed E-state index contributed by atoms with van der Waals surface area (Å²) in [6.07, 6.45) is 4.12. The zero-order chi connectivity index (χ0) is 15.1. The highest BCUT2D eigenvalue weighted by Gasteiger charge is 2.08. The zero-order valence-corrected chi connectivity index (χ0v) is 12.0. The van der Waals surface area contributed by atoms with Crippen LogP contribution < -0.4 is 10.6 Å². The average Bonchev–Trinajstić information content (AvgIpc) is 2.99. The molecule has 0 aliphatic heterocycles. The van der Waals surface area contributed by atoms with Gasteiger partial charge in [0, 0.05) is 31.6 Å². The molecule has 0 aliphatic carbocycles. The van der Waals surface area contributed by atoms with Gasteiger partial charge in [-0.15, -0.1) is 0 Å². The summed E-state index contributed by atoms with van der Waals surface area (Å²) < 4.78 is 1.77. The summed E-state index contributed by atoms with van der Waals surface area (Å²) in [4.78, 5) is 11.8. The fraction of sp³-hybridized carbons (Fsp3) is 0.333. The maximum atomic E-state index is 11.8. The summed E-state index contributed by atoms with van der Waals surface area (Å²) in [5.74, 6) is 0. The zero-order valence-electron chi connectivity index (χ0n) is 12.0. The molecule has 0 spiro atoms. The first kappa shape index (κ1) is 15.1. The quantitative estimate of drug-likeness (QED) is 0.752. The second-order valence-corrected chi connectivity index (χ2v) is 4.82. The number of urea groups is 1. The minimum absolute atomic E-state index is 0.0589. The van der Waals surface area contributed by atoms with Gasteiger partial charge in [-0.2, -0.15) is 5.10 Å². The lowest BCUT2D eigenvalue weighted by molar-refractivity contribution is 0.230. The summed E-state index contributed by atoms with van der Waals surface area (Å²) in [5.41, 5.74) is 1.91. The molecule has 2 rings (SSSR count). The molecule has 2 aromatic rings. The molecule has 0 radical (unpaired) electrons. The molecule has 6 heteroatoms. The first-order valence-electron chi connectivity index (χ1n) is 6.94. The van der Waals surface area contributed by atoms with Crippen LogP contribution in [0.1, 0.15) is 18.9 Å². The average molecular weight is 288 g/mol. The van der Waals surface area contributed by atoms with Gasteiger partial charge in [0.25, 0.3) is 0 Å². The van der Waals surface area contributed by atoms with Gasteiger partial charge >= 0.3 is 6.03 Å². The second-order valence-electron chi connectivity index (χ2n) is 4.82. The molecule has 112 valence electrons. The predicted molar refractivity (Wildman–Crippen MR) is 80.1 cm³/mol. The van der Waals surface area contributed by atoms with Gasteiger partial charge in [0.2, 0.25) is 0 Å². The molecule has 0 unspecified atom stereocenters. The van der Waals surface area contributed by atoms with Crippen molar-refractivity contribution in [2.75, 3.05) is 6.61 Å². The minimum Gasteiger partial charge on any atom is -0.396 e. The normalized spacial score (nSPS) is 11.9. The Labute approximate surface area is 123 Å². The number of rotatable bonds is 6. The Bertz CT molecular complexity index is 569. The smallest absolute Gasteiger partial charge is 0.315 e. The summed E-state index contributed by atoms with van der Waals surface area (Å²) in [6, 6.07) is 9.32. The summed E-state index contributed by atoms with van der Waals surface area (Å²) in [5, 5.41) is 18.6. The Kier molecular flexibility index (Phi) is 5.34. The maximum absolute atomic E-state index is 11.8. The molecule has 0 fully saturated rings. The molecule has 1 aromatic heterocycles. The summed E-state index contributed by atoms with van der Waals surface area (Å²) in [6.45, 7) is 2.32. The Morgan fingerprint density at radius 1 is 1.38 bits per heavy atom. The third-order valence-electron chi connectivity index (χ3n) is 3.12. The van der Waals surface area contributed by atoms with E-state index < -0.39 is 0 Å². The third-order valence-corrected chi connectivity index (χ3v) is 3.12. The van der Waals surface area contributed by atoms with Gasteiger partial charge in [0.1, 0.15) is 0 Å². The molecule has 21 heavy (non-hydrogen) atoms. The highest BCUT2D eigenvalue weighted by Crippen LogP contribution is 2.12. The van der Waals surface area contributed by atoms with Crippen molar-refractivity contribution in [3.63, 3.8) is 0 Å². The molecule has 2 amide bonds. The van der Waals surface area contributed by atoms with E-state index in [2.05, 4.69) is 15.7 Å². The van der Waals surface area contributed by atoms with Crippen molar-refractivity contribution >= 4 is 6.03 Å². The predicted octanol–water partition coefficient (Wildman–Crippen LogP) is 1.44. The van der Waals surface area contributed by atoms with Crippen LogP contribution in [0.15, 0.2) is 42.7 Å². The van der Waals surface area contributed by atoms with E-state index in [9.17, 15) is 4.79 Å². The highest BCUT2D eigenvalue weighted by atomic mass is 16.3. The second kappa shape index (κ2) is 7.44. The minimum atomic E-state index is -0.244. The van der Waals surface area contributed by atoms with Crippen LogP contribution in [0.25, 0.3) is 5.69 Å². The Hall–Kier alpha value is -2.34. The first-order valence-corrected chi connectivity index (χ1v) is 6.94. The number of carbonyl (C=O) groups excluding carboxylic acids is 1. The Morgan fingerprint density at radius 3 is 2.90 bits per heavy atom. The van der Waals surface area contributed by atoms with Crippen molar-refractivity contribution in [3.05, 3.63) is 48.3 Å². The van der Waals surface area contributed by atoms with Gasteiger partial charge in [0.15, 0.2) is 0 Å². The van der Waals surface area contributed by atoms with Crippen molar-refractivity contribution in [3.8, 4) is 5.69 Å². The number of hydrogen-bond donors (Lipinski definition) is 3. The van der Waals surface area contributed by atoms with Crippen LogP contribution in [0.5, 0.6) is 0 Å². The molecular weight excluding hydrogens is 268 g/mol. The van der Waals surface area contributed by atoms with Gasteiger partial charge in [0.05, 0.1) is 5.69 Å². The molecule has 0 saturated heterocycles. The van der Waals surface area contributed by atoms with Crippen LogP contribution in [0.2, 0.25) is 0 Å². The molecule has 3 N–H and O–H groups in total. The van der Waals surface area contributed by atoms with Crippen LogP contribution in [0.3, 0.4) is 0 Å². The molecule has 1 heterocycles. The molecule has 0 bridgehead atoms. The standard InChI is InChI=1S/C15H20N4O2/c1-12(7-10-20)18-15(21)16-11-13-5-2-3-6-14(13)19-9-4-8-17-19/h2-6,8-9,12,20H,7,10-11H2,1H3,(H2,16,18,21)/t12-/m1/s1. The number of benzene rings is 1. The lowest BCUT2D eigenvalue weighted by Gasteiger charge is -2.14. The number of carbonyl (C=O) groups is 1. The summed E-state index contributed by atoms with van der Waals surface area (Å²) in [7, 11) is 0. The van der Waals surface area contributed by atoms with E-state index in [1.807, 2.05) is 43.5 Å². The van der Waals surface area contributed by atoms with Crippen LogP contribution in [0, 0.1) is 0 Å². The number of amides is 2. The van der Waals surface area contributed by atoms with Gasteiger partial charge in [-0.3, -0.25) is 0 Å². The lowest BCUT2D eigenvalue weighted by atomic mass is 10.2. The number of aliphatic hydroxyl groups is 1. The molecule has 6 nitrogen and oxygen atoms in total. The summed E-state index contributed by atoms with van der Waals surface area (Å²) >= 11 is 0. The van der Waals surface area contributed by atoms with Gasteiger partial charge in [-0.05, 0) is 31.0 Å². The monoisotopic (exact) mass is 288 g/mol. The number of aliphatic hydroxyl groups excluding tert-OH is 1. The molecule has 0 aliphatic rings. The number of aromatic nitrogens is 2. The van der Waals surface area contributed by atoms with Crippen LogP contribution in [-0.2, 0) is 6.54 Å². The van der Waals surface area contributed by atoms with Crippen LogP contribution in [0.4, 0.5) is 4.79 Å². The third kappa shape index (κ3) is 4.32. The van der Waals surface area contributed by atoms with Crippen LogP contribution >= 0.6 is 0 Å². The Morgan fingerprint density at radius 2 is 2.19 bits per heavy atom. The van der Waals surface area contributed by atoms with E-state index in [-0.39, 0.29) is 18.7 Å². The van der Waals surface area contributed by atoms with Gasteiger partial charge < -0.3 is 15.7 Å². The van der Waals surface area contributed by atoms with Crippen molar-refractivity contribution in [2.24, 2.45) is 0 Å². The number of nitrogens with zero attached hydrogens (tertiary/aromatic N) is 2. The largest absolute Gasteiger partial charge is 0.396 e. The SMILES string of the molecule is C[C@H](CCO)NC(=O)NCc1ccccc1-n1cccn1. The van der Waals surface area contributed by atoms with E-state index in [1.165, 1.54) is 0 Å². The number of hydrogen-bond acceptors (Lipinski definition) is 3. The fourth-order valence-corrected chi connectivity index (χ4v) is 2.01.